The summed E-state index contributed by atoms with van der Waals surface area (Å²) in [4.78, 5) is 10.2. The molecule has 17 heavy (non-hydrogen) atoms. The largest absolute Gasteiger partial charge is 0.394 e. The van der Waals surface area contributed by atoms with Gasteiger partial charge < -0.3 is 10.4 Å². The molecule has 0 amide bonds. The fourth-order valence-corrected chi connectivity index (χ4v) is 2.12. The van der Waals surface area contributed by atoms with Crippen LogP contribution in [0.15, 0.2) is 22.7 Å². The van der Waals surface area contributed by atoms with Gasteiger partial charge in [-0.1, -0.05) is 15.9 Å². The molecule has 1 aromatic carbocycles. The maximum atomic E-state index is 10.6. The summed E-state index contributed by atoms with van der Waals surface area (Å²) in [5.74, 6) is 0. The van der Waals surface area contributed by atoms with Crippen molar-refractivity contribution in [1.82, 2.24) is 5.32 Å². The third-order valence-corrected chi connectivity index (χ3v) is 3.80. The normalized spacial score (nSPS) is 16.8. The van der Waals surface area contributed by atoms with Gasteiger partial charge in [0.05, 0.1) is 11.5 Å². The van der Waals surface area contributed by atoms with E-state index in [1.54, 1.807) is 6.07 Å². The lowest BCUT2D eigenvalue weighted by Gasteiger charge is -2.14. The molecule has 0 unspecified atom stereocenters. The first-order valence-electron chi connectivity index (χ1n) is 5.35. The Kier molecular flexibility index (Phi) is 3.46. The van der Waals surface area contributed by atoms with Crippen LogP contribution in [0.5, 0.6) is 0 Å². The number of nitrogens with zero attached hydrogens (tertiary/aromatic N) is 1. The van der Waals surface area contributed by atoms with Gasteiger partial charge in [0.2, 0.25) is 0 Å². The third-order valence-electron chi connectivity index (χ3n) is 3.06. The first-order valence-corrected chi connectivity index (χ1v) is 6.14. The van der Waals surface area contributed by atoms with E-state index in [9.17, 15) is 10.1 Å². The van der Waals surface area contributed by atoms with Crippen molar-refractivity contribution >= 4 is 21.6 Å². The highest BCUT2D eigenvalue weighted by Crippen LogP contribution is 2.35. The molecular weight excluding hydrogens is 288 g/mol. The number of hydrogen-bond acceptors (Lipinski definition) is 4. The number of nitro benzene ring substituents is 1. The van der Waals surface area contributed by atoms with Gasteiger partial charge >= 0.3 is 0 Å². The zero-order valence-corrected chi connectivity index (χ0v) is 10.7. The van der Waals surface area contributed by atoms with E-state index in [4.69, 9.17) is 5.11 Å². The van der Waals surface area contributed by atoms with E-state index in [2.05, 4.69) is 21.2 Å². The average molecular weight is 301 g/mol. The Balaban J connectivity index is 2.04. The van der Waals surface area contributed by atoms with E-state index < -0.39 is 4.92 Å². The van der Waals surface area contributed by atoms with Crippen molar-refractivity contribution in [3.05, 3.63) is 38.3 Å². The van der Waals surface area contributed by atoms with Crippen LogP contribution in [-0.4, -0.2) is 22.2 Å². The van der Waals surface area contributed by atoms with Crippen LogP contribution in [0.25, 0.3) is 0 Å². The predicted octanol–water partition coefficient (Wildman–Crippen LogP) is 1.97. The van der Waals surface area contributed by atoms with Crippen molar-refractivity contribution < 1.29 is 10.0 Å². The lowest BCUT2D eigenvalue weighted by molar-refractivity contribution is -0.384. The number of rotatable bonds is 5. The van der Waals surface area contributed by atoms with Crippen LogP contribution in [0, 0.1) is 10.1 Å². The molecule has 1 saturated carbocycles. The molecule has 0 radical (unpaired) electrons. The lowest BCUT2D eigenvalue weighted by Crippen LogP contribution is -2.34. The summed E-state index contributed by atoms with van der Waals surface area (Å²) >= 11 is 3.32. The standard InChI is InChI=1S/C11H13BrN2O3/c12-10-5-9(14(16)17)2-1-8(10)6-13-11(7-15)3-4-11/h1-2,5,13,15H,3-4,6-7H2. The van der Waals surface area contributed by atoms with Crippen LogP contribution >= 0.6 is 15.9 Å². The monoisotopic (exact) mass is 300 g/mol. The van der Waals surface area contributed by atoms with Crippen molar-refractivity contribution in [3.8, 4) is 0 Å². The molecule has 1 aliphatic rings. The Morgan fingerprint density at radius 1 is 1.53 bits per heavy atom. The van der Waals surface area contributed by atoms with Crippen LogP contribution in [0.3, 0.4) is 0 Å². The molecule has 0 bridgehead atoms. The molecule has 0 spiro atoms. The molecule has 92 valence electrons. The van der Waals surface area contributed by atoms with E-state index >= 15 is 0 Å². The quantitative estimate of drug-likeness (QED) is 0.644. The van der Waals surface area contributed by atoms with Gasteiger partial charge in [-0.2, -0.15) is 0 Å². The van der Waals surface area contributed by atoms with Gasteiger partial charge in [0.1, 0.15) is 0 Å². The van der Waals surface area contributed by atoms with E-state index in [0.29, 0.717) is 11.0 Å². The predicted molar refractivity (Wildman–Crippen MR) is 66.7 cm³/mol. The summed E-state index contributed by atoms with van der Waals surface area (Å²) < 4.78 is 0.716. The second-order valence-electron chi connectivity index (χ2n) is 4.32. The van der Waals surface area contributed by atoms with E-state index in [1.165, 1.54) is 12.1 Å². The minimum atomic E-state index is -0.419. The number of non-ortho nitro benzene ring substituents is 1. The van der Waals surface area contributed by atoms with Crippen LogP contribution in [0.2, 0.25) is 0 Å². The third kappa shape index (κ3) is 2.83. The Hall–Kier alpha value is -0.980. The van der Waals surface area contributed by atoms with Crippen molar-refractivity contribution in [2.45, 2.75) is 24.9 Å². The molecule has 0 heterocycles. The van der Waals surface area contributed by atoms with Crippen LogP contribution in [-0.2, 0) is 6.54 Å². The van der Waals surface area contributed by atoms with Gasteiger partial charge in [0.25, 0.3) is 5.69 Å². The van der Waals surface area contributed by atoms with Crippen molar-refractivity contribution in [2.24, 2.45) is 0 Å². The molecule has 0 aromatic heterocycles. The molecule has 0 atom stereocenters. The number of nitro groups is 1. The van der Waals surface area contributed by atoms with E-state index in [1.807, 2.05) is 0 Å². The fourth-order valence-electron chi connectivity index (χ4n) is 1.62. The summed E-state index contributed by atoms with van der Waals surface area (Å²) in [5, 5.41) is 23.0. The van der Waals surface area contributed by atoms with Gasteiger partial charge in [-0.25, -0.2) is 0 Å². The summed E-state index contributed by atoms with van der Waals surface area (Å²) in [5.41, 5.74) is 0.903. The number of benzene rings is 1. The number of hydrogen-bond donors (Lipinski definition) is 2. The highest BCUT2D eigenvalue weighted by atomic mass is 79.9. The molecule has 1 aromatic rings. The molecule has 2 N–H and O–H groups in total. The summed E-state index contributed by atoms with van der Waals surface area (Å²) in [7, 11) is 0. The van der Waals surface area contributed by atoms with Crippen molar-refractivity contribution in [3.63, 3.8) is 0 Å². The molecular formula is C11H13BrN2O3. The minimum Gasteiger partial charge on any atom is -0.394 e. The molecule has 5 nitrogen and oxygen atoms in total. The molecule has 0 saturated heterocycles. The second kappa shape index (κ2) is 4.72. The Morgan fingerprint density at radius 3 is 2.71 bits per heavy atom. The van der Waals surface area contributed by atoms with Crippen molar-refractivity contribution in [1.29, 1.82) is 0 Å². The molecule has 1 fully saturated rings. The molecule has 6 heteroatoms. The highest BCUT2D eigenvalue weighted by Gasteiger charge is 2.41. The summed E-state index contributed by atoms with van der Waals surface area (Å²) in [6.45, 7) is 0.733. The van der Waals surface area contributed by atoms with Crippen molar-refractivity contribution in [2.75, 3.05) is 6.61 Å². The van der Waals surface area contributed by atoms with Crippen LogP contribution in [0.4, 0.5) is 5.69 Å². The van der Waals surface area contributed by atoms with Crippen LogP contribution in [0.1, 0.15) is 18.4 Å². The smallest absolute Gasteiger partial charge is 0.270 e. The Morgan fingerprint density at radius 2 is 2.24 bits per heavy atom. The number of aliphatic hydroxyl groups excluding tert-OH is 1. The lowest BCUT2D eigenvalue weighted by atomic mass is 10.2. The Labute approximate surface area is 107 Å². The number of halogens is 1. The number of aliphatic hydroxyl groups is 1. The summed E-state index contributed by atoms with van der Waals surface area (Å²) in [6.07, 6.45) is 1.96. The zero-order valence-electron chi connectivity index (χ0n) is 9.15. The van der Waals surface area contributed by atoms with E-state index in [-0.39, 0.29) is 17.8 Å². The zero-order chi connectivity index (χ0) is 12.5. The van der Waals surface area contributed by atoms with Gasteiger partial charge in [-0.15, -0.1) is 0 Å². The topological polar surface area (TPSA) is 75.4 Å². The maximum absolute atomic E-state index is 10.6. The number of nitrogens with one attached hydrogen (secondary N) is 1. The molecule has 1 aliphatic carbocycles. The second-order valence-corrected chi connectivity index (χ2v) is 5.18. The first-order chi connectivity index (χ1) is 8.06. The van der Waals surface area contributed by atoms with Gasteiger partial charge in [-0.05, 0) is 24.5 Å². The maximum Gasteiger partial charge on any atom is 0.270 e. The minimum absolute atomic E-state index is 0.0731. The molecule has 0 aliphatic heterocycles. The SMILES string of the molecule is O=[N+]([O-])c1ccc(CNC2(CO)CC2)c(Br)c1. The first kappa shape index (κ1) is 12.5. The molecule has 2 rings (SSSR count). The fraction of sp³-hybridized carbons (Fsp3) is 0.455. The average Bonchev–Trinajstić information content (AvgIpc) is 3.08. The summed E-state index contributed by atoms with van der Waals surface area (Å²) in [6, 6.07) is 4.71. The highest BCUT2D eigenvalue weighted by molar-refractivity contribution is 9.10. The van der Waals surface area contributed by atoms with Gasteiger partial charge in [-0.3, -0.25) is 10.1 Å². The van der Waals surface area contributed by atoms with Gasteiger partial charge in [0.15, 0.2) is 0 Å². The van der Waals surface area contributed by atoms with Crippen LogP contribution < -0.4 is 5.32 Å². The Bertz CT molecular complexity index is 446. The van der Waals surface area contributed by atoms with Gasteiger partial charge in [0, 0.05) is 28.7 Å². The van der Waals surface area contributed by atoms with E-state index in [0.717, 1.165) is 18.4 Å².